The van der Waals surface area contributed by atoms with Crippen LogP contribution >= 0.6 is 0 Å². The Morgan fingerprint density at radius 3 is 1.56 bits per heavy atom. The first-order chi connectivity index (χ1) is 11.3. The molecular weight excluding hydrogens is 324 g/mol. The van der Waals surface area contributed by atoms with E-state index >= 15 is 0 Å². The van der Waals surface area contributed by atoms with Gasteiger partial charge in [-0.3, -0.25) is 14.4 Å². The number of carbonyl (C=O) groups excluding carboxylic acids is 1. The van der Waals surface area contributed by atoms with Gasteiger partial charge in [0.25, 0.3) is 5.97 Å². The van der Waals surface area contributed by atoms with Gasteiger partial charge in [0.15, 0.2) is 0 Å². The topological polar surface area (TPSA) is 101 Å². The number of rotatable bonds is 8. The maximum absolute atomic E-state index is 10.8. The minimum Gasteiger partial charge on any atom is -0.481 e. The number of hydrogen-bond acceptors (Lipinski definition) is 4. The van der Waals surface area contributed by atoms with E-state index in [9.17, 15) is 9.59 Å². The zero-order valence-electron chi connectivity index (χ0n) is 17.2. The van der Waals surface area contributed by atoms with Crippen molar-refractivity contribution in [1.29, 1.82) is 0 Å². The van der Waals surface area contributed by atoms with Crippen molar-refractivity contribution in [3.05, 3.63) is 0 Å². The third kappa shape index (κ3) is 30.8. The molecule has 0 radical (unpaired) electrons. The van der Waals surface area contributed by atoms with E-state index < -0.39 is 11.9 Å². The lowest BCUT2D eigenvalue weighted by Gasteiger charge is -2.08. The smallest absolute Gasteiger partial charge is 0.308 e. The summed E-state index contributed by atoms with van der Waals surface area (Å²) < 4.78 is 4.93. The van der Waals surface area contributed by atoms with Gasteiger partial charge in [0.1, 0.15) is 0 Å². The Kier molecular flexibility index (Phi) is 19.5. The van der Waals surface area contributed by atoms with Crippen molar-refractivity contribution in [1.82, 2.24) is 0 Å². The molecule has 0 rings (SSSR count). The molecule has 1 unspecified atom stereocenters. The van der Waals surface area contributed by atoms with Crippen LogP contribution in [0.5, 0.6) is 0 Å². The first kappa shape index (κ1) is 28.2. The molecule has 0 aliphatic rings. The van der Waals surface area contributed by atoms with Crippen LogP contribution in [-0.4, -0.2) is 34.7 Å². The summed E-state index contributed by atoms with van der Waals surface area (Å²) in [6, 6.07) is 0. The van der Waals surface area contributed by atoms with Crippen LogP contribution in [0.25, 0.3) is 0 Å². The molecule has 1 atom stereocenters. The quantitative estimate of drug-likeness (QED) is 0.618. The van der Waals surface area contributed by atoms with E-state index in [1.807, 2.05) is 27.7 Å². The highest BCUT2D eigenvalue weighted by atomic mass is 16.5. The molecule has 0 spiro atoms. The molecular formula is C19H38O6. The number of carboxylic acid groups (broad SMARTS) is 2. The van der Waals surface area contributed by atoms with Crippen molar-refractivity contribution in [3.63, 3.8) is 0 Å². The van der Waals surface area contributed by atoms with Gasteiger partial charge in [0.2, 0.25) is 0 Å². The van der Waals surface area contributed by atoms with Crippen molar-refractivity contribution < 1.29 is 29.3 Å². The fraction of sp³-hybridized carbons (Fsp3) is 0.842. The highest BCUT2D eigenvalue weighted by Gasteiger charge is 2.10. The molecule has 0 saturated carbocycles. The van der Waals surface area contributed by atoms with Gasteiger partial charge in [0.05, 0.1) is 18.4 Å². The summed E-state index contributed by atoms with van der Waals surface area (Å²) in [6.45, 7) is 15.4. The van der Waals surface area contributed by atoms with E-state index in [-0.39, 0.29) is 17.8 Å². The Hall–Kier alpha value is -1.59. The van der Waals surface area contributed by atoms with Crippen LogP contribution in [0.1, 0.15) is 74.7 Å². The Balaban J connectivity index is -0.000000321. The van der Waals surface area contributed by atoms with Crippen molar-refractivity contribution in [2.24, 2.45) is 23.7 Å². The summed E-state index contributed by atoms with van der Waals surface area (Å²) in [4.78, 5) is 30.2. The summed E-state index contributed by atoms with van der Waals surface area (Å²) in [7, 11) is 0. The Bertz CT molecular complexity index is 357. The molecule has 0 aliphatic heterocycles. The van der Waals surface area contributed by atoms with Gasteiger partial charge in [-0.05, 0) is 18.3 Å². The number of carboxylic acids is 2. The molecule has 0 heterocycles. The molecule has 6 heteroatoms. The number of esters is 1. The van der Waals surface area contributed by atoms with Gasteiger partial charge in [-0.1, -0.05) is 61.3 Å². The van der Waals surface area contributed by atoms with E-state index in [0.29, 0.717) is 18.4 Å². The third-order valence-electron chi connectivity index (χ3n) is 2.87. The maximum Gasteiger partial charge on any atom is 0.308 e. The number of ether oxygens (including phenoxy) is 1. The van der Waals surface area contributed by atoms with Crippen LogP contribution < -0.4 is 0 Å². The lowest BCUT2D eigenvalue weighted by atomic mass is 10.00. The first-order valence-corrected chi connectivity index (χ1v) is 8.90. The summed E-state index contributed by atoms with van der Waals surface area (Å²) in [6.07, 6.45) is 2.98. The molecule has 0 amide bonds. The Morgan fingerprint density at radius 2 is 1.28 bits per heavy atom. The average molecular weight is 363 g/mol. The molecule has 0 fully saturated rings. The van der Waals surface area contributed by atoms with E-state index in [1.165, 1.54) is 0 Å². The number of hydrogen-bond donors (Lipinski definition) is 2. The van der Waals surface area contributed by atoms with Crippen LogP contribution in [0.3, 0.4) is 0 Å². The second-order valence-corrected chi connectivity index (χ2v) is 7.26. The molecule has 0 aromatic rings. The Labute approximate surface area is 153 Å². The molecule has 0 aromatic heterocycles. The number of carbonyl (C=O) groups is 3. The predicted molar refractivity (Wildman–Crippen MR) is 99.4 cm³/mol. The first-order valence-electron chi connectivity index (χ1n) is 8.90. The minimum atomic E-state index is -0.833. The lowest BCUT2D eigenvalue weighted by molar-refractivity contribution is -0.148. The molecule has 25 heavy (non-hydrogen) atoms. The molecule has 0 aromatic carbocycles. The van der Waals surface area contributed by atoms with Crippen molar-refractivity contribution in [2.75, 3.05) is 6.61 Å². The van der Waals surface area contributed by atoms with E-state index in [2.05, 4.69) is 13.8 Å². The van der Waals surface area contributed by atoms with E-state index in [4.69, 9.17) is 19.7 Å². The molecule has 0 saturated heterocycles. The zero-order chi connectivity index (χ0) is 20.6. The van der Waals surface area contributed by atoms with Gasteiger partial charge in [-0.2, -0.15) is 0 Å². The standard InChI is InChI=1S/C9H18O2.C8H16O2.C2H4O2/c1-7(2)5-4-6-8(3)9(10)11;1-6(2)5-10-8(9)7(3)4;1-2(3)4/h7-8H,4-6H2,1-3H3,(H,10,11);6-7H,5H2,1-4H3;1H3,(H,3,4). The fourth-order valence-corrected chi connectivity index (χ4v) is 1.37. The highest BCUT2D eigenvalue weighted by molar-refractivity contribution is 5.71. The van der Waals surface area contributed by atoms with Gasteiger partial charge in [-0.25, -0.2) is 0 Å². The molecule has 2 N–H and O–H groups in total. The van der Waals surface area contributed by atoms with Gasteiger partial charge >= 0.3 is 11.9 Å². The highest BCUT2D eigenvalue weighted by Crippen LogP contribution is 2.12. The largest absolute Gasteiger partial charge is 0.481 e. The third-order valence-corrected chi connectivity index (χ3v) is 2.87. The minimum absolute atomic E-state index is 0.00116. The van der Waals surface area contributed by atoms with Gasteiger partial charge in [0, 0.05) is 6.92 Å². The summed E-state index contributed by atoms with van der Waals surface area (Å²) in [5.41, 5.74) is 0. The lowest BCUT2D eigenvalue weighted by Crippen LogP contribution is -2.14. The second-order valence-electron chi connectivity index (χ2n) is 7.26. The zero-order valence-corrected chi connectivity index (χ0v) is 17.2. The summed E-state index contributed by atoms with van der Waals surface area (Å²) in [5, 5.41) is 16.0. The summed E-state index contributed by atoms with van der Waals surface area (Å²) >= 11 is 0. The Morgan fingerprint density at radius 1 is 0.840 bits per heavy atom. The average Bonchev–Trinajstić information content (AvgIpc) is 2.43. The van der Waals surface area contributed by atoms with Crippen LogP contribution in [0.15, 0.2) is 0 Å². The monoisotopic (exact) mass is 362 g/mol. The predicted octanol–water partition coefficient (Wildman–Crippen LogP) is 4.47. The maximum atomic E-state index is 10.8. The molecule has 0 bridgehead atoms. The molecule has 6 nitrogen and oxygen atoms in total. The normalized spacial score (nSPS) is 11.2. The fourth-order valence-electron chi connectivity index (χ4n) is 1.37. The molecule has 150 valence electrons. The van der Waals surface area contributed by atoms with Crippen LogP contribution in [0, 0.1) is 23.7 Å². The number of aliphatic carboxylic acids is 2. The molecule has 0 aliphatic carbocycles. The van der Waals surface area contributed by atoms with Crippen LogP contribution in [-0.2, 0) is 19.1 Å². The van der Waals surface area contributed by atoms with Crippen molar-refractivity contribution >= 4 is 17.9 Å². The van der Waals surface area contributed by atoms with Crippen LogP contribution in [0.4, 0.5) is 0 Å². The van der Waals surface area contributed by atoms with Crippen molar-refractivity contribution in [2.45, 2.75) is 74.7 Å². The van der Waals surface area contributed by atoms with E-state index in [1.54, 1.807) is 6.92 Å². The summed E-state index contributed by atoms with van der Waals surface area (Å²) in [5.74, 6) is -0.659. The van der Waals surface area contributed by atoms with Crippen molar-refractivity contribution in [3.8, 4) is 0 Å². The van der Waals surface area contributed by atoms with Gasteiger partial charge < -0.3 is 14.9 Å². The van der Waals surface area contributed by atoms with E-state index in [0.717, 1.165) is 26.2 Å². The SMILES string of the molecule is CC(=O)O.CC(C)CCCC(C)C(=O)O.CC(C)COC(=O)C(C)C. The van der Waals surface area contributed by atoms with Crippen LogP contribution in [0.2, 0.25) is 0 Å². The van der Waals surface area contributed by atoms with Gasteiger partial charge in [-0.15, -0.1) is 0 Å². The second kappa shape index (κ2) is 17.2.